The van der Waals surface area contributed by atoms with Crippen LogP contribution in [0.5, 0.6) is 0 Å². The van der Waals surface area contributed by atoms with E-state index in [0.29, 0.717) is 0 Å². The molecule has 1 aliphatic rings. The first-order valence-corrected chi connectivity index (χ1v) is 10.1. The highest BCUT2D eigenvalue weighted by atomic mass is 14.9. The molecule has 1 rings (SSSR count). The second-order valence-corrected chi connectivity index (χ2v) is 7.18. The van der Waals surface area contributed by atoms with E-state index in [0.717, 1.165) is 18.5 Å². The molecule has 1 heteroatoms. The van der Waals surface area contributed by atoms with E-state index in [-0.39, 0.29) is 0 Å². The van der Waals surface area contributed by atoms with Crippen molar-refractivity contribution in [3.8, 4) is 0 Å². The van der Waals surface area contributed by atoms with Crippen molar-refractivity contribution in [3.05, 3.63) is 0 Å². The molecule has 1 unspecified atom stereocenters. The van der Waals surface area contributed by atoms with Gasteiger partial charge in [-0.2, -0.15) is 0 Å². The average Bonchev–Trinajstić information content (AvgIpc) is 3.02. The van der Waals surface area contributed by atoms with Crippen LogP contribution in [0.4, 0.5) is 0 Å². The van der Waals surface area contributed by atoms with Crippen molar-refractivity contribution < 1.29 is 0 Å². The lowest BCUT2D eigenvalue weighted by atomic mass is 9.93. The fourth-order valence-electron chi connectivity index (χ4n) is 3.98. The van der Waals surface area contributed by atoms with Gasteiger partial charge in [0, 0.05) is 6.04 Å². The molecule has 0 radical (unpaired) electrons. The molecular formula is C20H41N. The topological polar surface area (TPSA) is 12.0 Å². The zero-order valence-electron chi connectivity index (χ0n) is 15.0. The molecule has 0 saturated heterocycles. The highest BCUT2D eigenvalue weighted by molar-refractivity contribution is 4.80. The number of hydrogen-bond donors (Lipinski definition) is 1. The van der Waals surface area contributed by atoms with Gasteiger partial charge in [-0.3, -0.25) is 0 Å². The van der Waals surface area contributed by atoms with Crippen LogP contribution in [0.1, 0.15) is 110 Å². The Labute approximate surface area is 134 Å². The van der Waals surface area contributed by atoms with E-state index in [9.17, 15) is 0 Å². The molecule has 1 aliphatic carbocycles. The van der Waals surface area contributed by atoms with Crippen molar-refractivity contribution in [2.75, 3.05) is 6.54 Å². The zero-order chi connectivity index (χ0) is 15.2. The molecule has 1 atom stereocenters. The Morgan fingerprint density at radius 1 is 0.762 bits per heavy atom. The highest BCUT2D eigenvalue weighted by Crippen LogP contribution is 2.30. The van der Waals surface area contributed by atoms with Crippen LogP contribution in [0.2, 0.25) is 0 Å². The third-order valence-electron chi connectivity index (χ3n) is 5.30. The van der Waals surface area contributed by atoms with E-state index in [4.69, 9.17) is 0 Å². The first-order chi connectivity index (χ1) is 10.4. The first-order valence-electron chi connectivity index (χ1n) is 10.1. The van der Waals surface area contributed by atoms with Crippen molar-refractivity contribution >= 4 is 0 Å². The summed E-state index contributed by atoms with van der Waals surface area (Å²) in [6.45, 7) is 5.71. The van der Waals surface area contributed by atoms with Crippen molar-refractivity contribution in [2.45, 2.75) is 116 Å². The SMILES string of the molecule is CCCCCCCCCCCCC(NCC)C1CCCC1. The summed E-state index contributed by atoms with van der Waals surface area (Å²) in [5.41, 5.74) is 0. The van der Waals surface area contributed by atoms with Gasteiger partial charge in [0.05, 0.1) is 0 Å². The third kappa shape index (κ3) is 9.55. The monoisotopic (exact) mass is 295 g/mol. The summed E-state index contributed by atoms with van der Waals surface area (Å²) in [6, 6.07) is 0.826. The van der Waals surface area contributed by atoms with Crippen molar-refractivity contribution in [1.82, 2.24) is 5.32 Å². The average molecular weight is 296 g/mol. The Bertz CT molecular complexity index is 208. The van der Waals surface area contributed by atoms with E-state index in [1.165, 1.54) is 96.3 Å². The summed E-state index contributed by atoms with van der Waals surface area (Å²) in [7, 11) is 0. The second-order valence-electron chi connectivity index (χ2n) is 7.18. The third-order valence-corrected chi connectivity index (χ3v) is 5.30. The predicted octanol–water partition coefficient (Wildman–Crippen LogP) is 6.47. The fraction of sp³-hybridized carbons (Fsp3) is 1.00. The fourth-order valence-corrected chi connectivity index (χ4v) is 3.98. The van der Waals surface area contributed by atoms with Crippen LogP contribution in [0.15, 0.2) is 0 Å². The lowest BCUT2D eigenvalue weighted by molar-refractivity contribution is 0.335. The van der Waals surface area contributed by atoms with Gasteiger partial charge in [0.15, 0.2) is 0 Å². The van der Waals surface area contributed by atoms with E-state index in [1.54, 1.807) is 0 Å². The van der Waals surface area contributed by atoms with Crippen molar-refractivity contribution in [3.63, 3.8) is 0 Å². The molecular weight excluding hydrogens is 254 g/mol. The van der Waals surface area contributed by atoms with E-state index >= 15 is 0 Å². The Hall–Kier alpha value is -0.0400. The van der Waals surface area contributed by atoms with Gasteiger partial charge in [0.2, 0.25) is 0 Å². The summed E-state index contributed by atoms with van der Waals surface area (Å²) in [5.74, 6) is 0.989. The van der Waals surface area contributed by atoms with Crippen LogP contribution in [0, 0.1) is 5.92 Å². The molecule has 0 aliphatic heterocycles. The normalized spacial score (nSPS) is 17.4. The number of unbranched alkanes of at least 4 members (excludes halogenated alkanes) is 9. The van der Waals surface area contributed by atoms with Crippen molar-refractivity contribution in [2.24, 2.45) is 5.92 Å². The first kappa shape index (κ1) is 19.0. The van der Waals surface area contributed by atoms with Gasteiger partial charge in [0.1, 0.15) is 0 Å². The Morgan fingerprint density at radius 3 is 1.81 bits per heavy atom. The summed E-state index contributed by atoms with van der Waals surface area (Å²) in [6.07, 6.45) is 21.9. The van der Waals surface area contributed by atoms with Gasteiger partial charge >= 0.3 is 0 Å². The van der Waals surface area contributed by atoms with Gasteiger partial charge in [0.25, 0.3) is 0 Å². The van der Waals surface area contributed by atoms with Crippen LogP contribution in [-0.2, 0) is 0 Å². The minimum atomic E-state index is 0.826. The van der Waals surface area contributed by atoms with Gasteiger partial charge in [-0.15, -0.1) is 0 Å². The van der Waals surface area contributed by atoms with Crippen molar-refractivity contribution in [1.29, 1.82) is 0 Å². The minimum Gasteiger partial charge on any atom is -0.314 e. The van der Waals surface area contributed by atoms with Crippen LogP contribution in [-0.4, -0.2) is 12.6 Å². The van der Waals surface area contributed by atoms with Gasteiger partial charge < -0.3 is 5.32 Å². The van der Waals surface area contributed by atoms with Gasteiger partial charge in [-0.05, 0) is 31.7 Å². The standard InChI is InChI=1S/C20H41N/c1-3-5-6-7-8-9-10-11-12-13-18-20(21-4-2)19-16-14-15-17-19/h19-21H,3-18H2,1-2H3. The smallest absolute Gasteiger partial charge is 0.00952 e. The summed E-state index contributed by atoms with van der Waals surface area (Å²) in [5, 5.41) is 3.76. The summed E-state index contributed by atoms with van der Waals surface area (Å²) >= 11 is 0. The predicted molar refractivity (Wildman–Crippen MR) is 95.9 cm³/mol. The molecule has 126 valence electrons. The van der Waals surface area contributed by atoms with E-state index in [2.05, 4.69) is 19.2 Å². The molecule has 0 aromatic heterocycles. The number of hydrogen-bond acceptors (Lipinski definition) is 1. The minimum absolute atomic E-state index is 0.826. The lowest BCUT2D eigenvalue weighted by Crippen LogP contribution is -2.34. The molecule has 1 nitrogen and oxygen atoms in total. The number of rotatable bonds is 14. The Morgan fingerprint density at radius 2 is 1.29 bits per heavy atom. The van der Waals surface area contributed by atoms with Gasteiger partial charge in [-0.1, -0.05) is 90.9 Å². The molecule has 0 spiro atoms. The Kier molecular flexibility index (Phi) is 12.3. The largest absolute Gasteiger partial charge is 0.314 e. The summed E-state index contributed by atoms with van der Waals surface area (Å²) in [4.78, 5) is 0. The second kappa shape index (κ2) is 13.6. The maximum Gasteiger partial charge on any atom is 0.00952 e. The molecule has 21 heavy (non-hydrogen) atoms. The molecule has 0 aromatic carbocycles. The molecule has 1 fully saturated rings. The maximum atomic E-state index is 3.76. The number of nitrogens with one attached hydrogen (secondary N) is 1. The molecule has 1 saturated carbocycles. The quantitative estimate of drug-likeness (QED) is 0.362. The van der Waals surface area contributed by atoms with Crippen LogP contribution >= 0.6 is 0 Å². The van der Waals surface area contributed by atoms with E-state index in [1.807, 2.05) is 0 Å². The summed E-state index contributed by atoms with van der Waals surface area (Å²) < 4.78 is 0. The molecule has 0 amide bonds. The zero-order valence-corrected chi connectivity index (χ0v) is 15.0. The Balaban J connectivity index is 1.91. The van der Waals surface area contributed by atoms with E-state index < -0.39 is 0 Å². The van der Waals surface area contributed by atoms with Crippen LogP contribution in [0.25, 0.3) is 0 Å². The molecule has 0 aromatic rings. The molecule has 0 heterocycles. The van der Waals surface area contributed by atoms with Gasteiger partial charge in [-0.25, -0.2) is 0 Å². The molecule has 1 N–H and O–H groups in total. The van der Waals surface area contributed by atoms with Crippen LogP contribution in [0.3, 0.4) is 0 Å². The van der Waals surface area contributed by atoms with Crippen LogP contribution < -0.4 is 5.32 Å². The maximum absolute atomic E-state index is 3.76. The highest BCUT2D eigenvalue weighted by Gasteiger charge is 2.23. The lowest BCUT2D eigenvalue weighted by Gasteiger charge is -2.24. The molecule has 0 bridgehead atoms.